The van der Waals surface area contributed by atoms with Gasteiger partial charge >= 0.3 is 6.18 Å². The normalized spacial score (nSPS) is 13.1. The Bertz CT molecular complexity index is 477. The van der Waals surface area contributed by atoms with Gasteiger partial charge in [-0.05, 0) is 31.0 Å². The smallest absolute Gasteiger partial charge is 0.396 e. The zero-order chi connectivity index (χ0) is 15.3. The molecule has 0 aliphatic heterocycles. The Morgan fingerprint density at radius 2 is 2.10 bits per heavy atom. The number of benzene rings is 1. The fourth-order valence-electron chi connectivity index (χ4n) is 1.69. The van der Waals surface area contributed by atoms with Gasteiger partial charge in [-0.2, -0.15) is 13.2 Å². The zero-order valence-corrected chi connectivity index (χ0v) is 12.4. The Kier molecular flexibility index (Phi) is 6.01. The molecule has 20 heavy (non-hydrogen) atoms. The van der Waals surface area contributed by atoms with Crippen LogP contribution in [-0.4, -0.2) is 23.7 Å². The molecule has 1 unspecified atom stereocenters. The summed E-state index contributed by atoms with van der Waals surface area (Å²) >= 11 is 2.82. The van der Waals surface area contributed by atoms with Crippen LogP contribution in [0.25, 0.3) is 0 Å². The predicted octanol–water partition coefficient (Wildman–Crippen LogP) is 3.36. The molecule has 1 amide bonds. The summed E-state index contributed by atoms with van der Waals surface area (Å²) in [5, 5.41) is 11.4. The summed E-state index contributed by atoms with van der Waals surface area (Å²) in [6.07, 6.45) is -3.57. The molecule has 112 valence electrons. The lowest BCUT2D eigenvalue weighted by Crippen LogP contribution is -2.35. The van der Waals surface area contributed by atoms with Gasteiger partial charge in [0, 0.05) is 22.7 Å². The highest BCUT2D eigenvalue weighted by Crippen LogP contribution is 2.35. The highest BCUT2D eigenvalue weighted by molar-refractivity contribution is 9.10. The number of carbonyl (C=O) groups is 1. The van der Waals surface area contributed by atoms with E-state index in [2.05, 4.69) is 21.2 Å². The molecule has 0 fully saturated rings. The van der Waals surface area contributed by atoms with Crippen LogP contribution >= 0.6 is 15.9 Å². The van der Waals surface area contributed by atoms with Crippen molar-refractivity contribution in [3.8, 4) is 0 Å². The van der Waals surface area contributed by atoms with Gasteiger partial charge in [0.15, 0.2) is 0 Å². The largest absolute Gasteiger partial charge is 0.417 e. The molecule has 1 aromatic carbocycles. The highest BCUT2D eigenvalue weighted by atomic mass is 79.9. The van der Waals surface area contributed by atoms with E-state index < -0.39 is 17.6 Å². The second-order valence-corrected chi connectivity index (χ2v) is 5.14. The molecule has 0 aliphatic rings. The van der Waals surface area contributed by atoms with E-state index in [1.54, 1.807) is 0 Å². The first kappa shape index (κ1) is 17.0. The van der Waals surface area contributed by atoms with Gasteiger partial charge in [-0.3, -0.25) is 4.79 Å². The monoisotopic (exact) mass is 353 g/mol. The molecule has 1 rings (SSSR count). The molecular weight excluding hydrogens is 339 g/mol. The van der Waals surface area contributed by atoms with Gasteiger partial charge < -0.3 is 10.4 Å². The summed E-state index contributed by atoms with van der Waals surface area (Å²) in [6.45, 7) is 1.73. The lowest BCUT2D eigenvalue weighted by Gasteiger charge is -2.16. The van der Waals surface area contributed by atoms with Crippen molar-refractivity contribution >= 4 is 21.8 Å². The van der Waals surface area contributed by atoms with Crippen LogP contribution in [0.1, 0.15) is 35.7 Å². The topological polar surface area (TPSA) is 49.3 Å². The number of rotatable bonds is 5. The molecule has 0 saturated heterocycles. The quantitative estimate of drug-likeness (QED) is 0.852. The van der Waals surface area contributed by atoms with Gasteiger partial charge in [0.25, 0.3) is 5.91 Å². The van der Waals surface area contributed by atoms with Gasteiger partial charge in [0.05, 0.1) is 5.56 Å². The van der Waals surface area contributed by atoms with Crippen molar-refractivity contribution in [2.24, 2.45) is 0 Å². The molecule has 1 aromatic rings. The first-order chi connectivity index (χ1) is 9.29. The van der Waals surface area contributed by atoms with Crippen molar-refractivity contribution in [1.29, 1.82) is 0 Å². The average Bonchev–Trinajstić information content (AvgIpc) is 2.37. The predicted molar refractivity (Wildman–Crippen MR) is 72.4 cm³/mol. The van der Waals surface area contributed by atoms with E-state index in [9.17, 15) is 18.0 Å². The van der Waals surface area contributed by atoms with Gasteiger partial charge in [-0.1, -0.05) is 22.9 Å². The molecule has 1 atom stereocenters. The summed E-state index contributed by atoms with van der Waals surface area (Å²) in [4.78, 5) is 11.9. The van der Waals surface area contributed by atoms with Crippen molar-refractivity contribution in [2.45, 2.75) is 32.0 Å². The number of carbonyl (C=O) groups excluding carboxylic acids is 1. The van der Waals surface area contributed by atoms with Crippen LogP contribution in [-0.2, 0) is 6.18 Å². The number of halogens is 4. The van der Waals surface area contributed by atoms with Crippen molar-refractivity contribution in [3.05, 3.63) is 33.8 Å². The number of aliphatic hydroxyl groups is 1. The molecule has 0 aromatic heterocycles. The standard InChI is InChI=1S/C13H15BrF3NO2/c1-2-9(5-6-19)18-12(20)8-3-4-11(14)10(7-8)13(15,16)17/h3-4,7,9,19H,2,5-6H2,1H3,(H,18,20). The third-order valence-corrected chi connectivity index (χ3v) is 3.53. The maximum atomic E-state index is 12.7. The van der Waals surface area contributed by atoms with E-state index in [-0.39, 0.29) is 22.7 Å². The zero-order valence-electron chi connectivity index (χ0n) is 10.8. The molecule has 0 heterocycles. The molecular formula is C13H15BrF3NO2. The Hall–Kier alpha value is -1.08. The van der Waals surface area contributed by atoms with E-state index >= 15 is 0 Å². The second-order valence-electron chi connectivity index (χ2n) is 4.28. The van der Waals surface area contributed by atoms with E-state index in [0.717, 1.165) is 6.07 Å². The second kappa shape index (κ2) is 7.08. The Morgan fingerprint density at radius 1 is 1.45 bits per heavy atom. The Balaban J connectivity index is 2.94. The van der Waals surface area contributed by atoms with Crippen LogP contribution in [0.5, 0.6) is 0 Å². The van der Waals surface area contributed by atoms with Gasteiger partial charge in [0.1, 0.15) is 0 Å². The SMILES string of the molecule is CCC(CCO)NC(=O)c1ccc(Br)c(C(F)(F)F)c1. The van der Waals surface area contributed by atoms with E-state index in [1.165, 1.54) is 12.1 Å². The van der Waals surface area contributed by atoms with E-state index in [4.69, 9.17) is 5.11 Å². The van der Waals surface area contributed by atoms with Crippen molar-refractivity contribution in [3.63, 3.8) is 0 Å². The Morgan fingerprint density at radius 3 is 2.60 bits per heavy atom. The van der Waals surface area contributed by atoms with Crippen LogP contribution in [0.2, 0.25) is 0 Å². The van der Waals surface area contributed by atoms with Crippen molar-refractivity contribution in [2.75, 3.05) is 6.61 Å². The van der Waals surface area contributed by atoms with Crippen LogP contribution in [0, 0.1) is 0 Å². The number of amides is 1. The van der Waals surface area contributed by atoms with Crippen LogP contribution in [0.15, 0.2) is 22.7 Å². The Labute approximate surface area is 123 Å². The number of hydrogen-bond acceptors (Lipinski definition) is 2. The number of hydrogen-bond donors (Lipinski definition) is 2. The van der Waals surface area contributed by atoms with Gasteiger partial charge in [-0.25, -0.2) is 0 Å². The maximum Gasteiger partial charge on any atom is 0.417 e. The summed E-state index contributed by atoms with van der Waals surface area (Å²) in [5.41, 5.74) is -0.947. The molecule has 0 aliphatic carbocycles. The summed E-state index contributed by atoms with van der Waals surface area (Å²) in [7, 11) is 0. The van der Waals surface area contributed by atoms with Crippen LogP contribution in [0.4, 0.5) is 13.2 Å². The fourth-order valence-corrected chi connectivity index (χ4v) is 2.16. The first-order valence-electron chi connectivity index (χ1n) is 6.08. The summed E-state index contributed by atoms with van der Waals surface area (Å²) in [5.74, 6) is -0.580. The van der Waals surface area contributed by atoms with Gasteiger partial charge in [-0.15, -0.1) is 0 Å². The number of alkyl halides is 3. The highest BCUT2D eigenvalue weighted by Gasteiger charge is 2.33. The first-order valence-corrected chi connectivity index (χ1v) is 6.87. The lowest BCUT2D eigenvalue weighted by molar-refractivity contribution is -0.138. The van der Waals surface area contributed by atoms with Crippen LogP contribution in [0.3, 0.4) is 0 Å². The molecule has 0 radical (unpaired) electrons. The van der Waals surface area contributed by atoms with E-state index in [0.29, 0.717) is 12.8 Å². The number of aliphatic hydroxyl groups excluding tert-OH is 1. The molecule has 0 bridgehead atoms. The molecule has 2 N–H and O–H groups in total. The minimum absolute atomic E-state index is 0.0584. The minimum Gasteiger partial charge on any atom is -0.396 e. The number of nitrogens with one attached hydrogen (secondary N) is 1. The van der Waals surface area contributed by atoms with Crippen molar-refractivity contribution in [1.82, 2.24) is 5.32 Å². The minimum atomic E-state index is -4.52. The average molecular weight is 354 g/mol. The summed E-state index contributed by atoms with van der Waals surface area (Å²) in [6, 6.07) is 3.07. The fraction of sp³-hybridized carbons (Fsp3) is 0.462. The molecule has 0 saturated carbocycles. The third kappa shape index (κ3) is 4.49. The van der Waals surface area contributed by atoms with E-state index in [1.807, 2.05) is 6.92 Å². The summed E-state index contributed by atoms with van der Waals surface area (Å²) < 4.78 is 38.1. The van der Waals surface area contributed by atoms with Crippen molar-refractivity contribution < 1.29 is 23.1 Å². The van der Waals surface area contributed by atoms with Gasteiger partial charge in [0.2, 0.25) is 0 Å². The molecule has 3 nitrogen and oxygen atoms in total. The maximum absolute atomic E-state index is 12.7. The third-order valence-electron chi connectivity index (χ3n) is 2.84. The lowest BCUT2D eigenvalue weighted by atomic mass is 10.1. The van der Waals surface area contributed by atoms with Crippen LogP contribution < -0.4 is 5.32 Å². The molecule has 0 spiro atoms. The molecule has 7 heteroatoms.